The number of likely N-dealkylation sites (tertiary alicyclic amines) is 1. The van der Waals surface area contributed by atoms with Gasteiger partial charge in [-0.15, -0.1) is 0 Å². The highest BCUT2D eigenvalue weighted by Gasteiger charge is 2.26. The van der Waals surface area contributed by atoms with Gasteiger partial charge < -0.3 is 41.7 Å². The summed E-state index contributed by atoms with van der Waals surface area (Å²) in [4.78, 5) is 21.1. The number of phenols is 3. The van der Waals surface area contributed by atoms with E-state index < -0.39 is 22.3 Å². The van der Waals surface area contributed by atoms with Crippen LogP contribution in [0.15, 0.2) is 89.9 Å². The van der Waals surface area contributed by atoms with E-state index in [0.717, 1.165) is 66.5 Å². The molecular weight excluding hydrogens is 749 g/mol. The van der Waals surface area contributed by atoms with Crippen LogP contribution in [-0.4, -0.2) is 102 Å². The number of benzene rings is 4. The number of piperidine rings is 1. The molecule has 0 bridgehead atoms. The van der Waals surface area contributed by atoms with Crippen LogP contribution in [-0.2, 0) is 14.9 Å². The minimum atomic E-state index is -3.67. The first-order valence-corrected chi connectivity index (χ1v) is 20.5. The van der Waals surface area contributed by atoms with Crippen molar-refractivity contribution in [3.63, 3.8) is 0 Å². The Bertz CT molecular complexity index is 2010. The van der Waals surface area contributed by atoms with Crippen molar-refractivity contribution in [2.24, 2.45) is 10.7 Å². The number of para-hydroxylation sites is 1. The number of nitrogens with one attached hydrogen (secondary N) is 2. The van der Waals surface area contributed by atoms with E-state index in [-0.39, 0.29) is 29.2 Å². The van der Waals surface area contributed by atoms with Gasteiger partial charge in [0.15, 0.2) is 11.5 Å². The number of phenolic OH excluding ortho intramolecular Hbond substituents is 3. The zero-order valence-electron chi connectivity index (χ0n) is 33.6. The Hall–Kier alpha value is -5.19. The molecule has 4 aromatic carbocycles. The Labute approximate surface area is 336 Å². The molecule has 0 aromatic heterocycles. The van der Waals surface area contributed by atoms with E-state index in [9.17, 15) is 23.4 Å². The smallest absolute Gasteiger partial charge is 0.261 e. The molecule has 0 spiro atoms. The fourth-order valence-corrected chi connectivity index (χ4v) is 6.07. The number of amidine groups is 1. The van der Waals surface area contributed by atoms with Gasteiger partial charge in [-0.2, -0.15) is 8.42 Å². The first-order chi connectivity index (χ1) is 26.8. The lowest BCUT2D eigenvalue weighted by Crippen LogP contribution is -2.44. The summed E-state index contributed by atoms with van der Waals surface area (Å²) in [5.41, 5.74) is 12.4. The van der Waals surface area contributed by atoms with Crippen LogP contribution in [0.25, 0.3) is 0 Å². The van der Waals surface area contributed by atoms with Gasteiger partial charge in [-0.3, -0.25) is 19.2 Å². The summed E-state index contributed by atoms with van der Waals surface area (Å²) in [6.45, 7) is 11.2. The van der Waals surface area contributed by atoms with Gasteiger partial charge >= 0.3 is 0 Å². The highest BCUT2D eigenvalue weighted by molar-refractivity contribution is 7.85. The average molecular weight is 807 g/mol. The molecule has 0 aliphatic carbocycles. The predicted molar refractivity (Wildman–Crippen MR) is 227 cm³/mol. The van der Waals surface area contributed by atoms with Gasteiger partial charge in [-0.1, -0.05) is 54.4 Å². The van der Waals surface area contributed by atoms with Gasteiger partial charge in [0.25, 0.3) is 10.1 Å². The molecule has 1 saturated heterocycles. The van der Waals surface area contributed by atoms with E-state index in [1.54, 1.807) is 19.1 Å². The number of likely N-dealkylation sites (N-methyl/N-ethyl adjacent to an activating group) is 1. The number of aliphatic hydroxyl groups is 1. The highest BCUT2D eigenvalue weighted by Crippen LogP contribution is 2.30. The third kappa shape index (κ3) is 15.7. The summed E-state index contributed by atoms with van der Waals surface area (Å²) in [7, 11) is -1.63. The van der Waals surface area contributed by atoms with Crippen LogP contribution in [0, 0.1) is 20.8 Å². The number of aliphatic imine (C=N–C) groups is 1. The lowest BCUT2D eigenvalue weighted by atomic mass is 10.0. The van der Waals surface area contributed by atoms with Gasteiger partial charge in [-0.25, -0.2) is 0 Å². The molecule has 2 aliphatic rings. The molecule has 310 valence electrons. The van der Waals surface area contributed by atoms with Gasteiger partial charge in [0, 0.05) is 35.7 Å². The number of aryl methyl sites for hydroxylation is 3. The van der Waals surface area contributed by atoms with Crippen molar-refractivity contribution in [2.75, 3.05) is 49.7 Å². The van der Waals surface area contributed by atoms with E-state index in [2.05, 4.69) is 56.6 Å². The summed E-state index contributed by atoms with van der Waals surface area (Å²) in [6.07, 6.45) is 3.20. The molecule has 1 unspecified atom stereocenters. The average Bonchev–Trinajstić information content (AvgIpc) is 3.67. The predicted octanol–water partition coefficient (Wildman–Crippen LogP) is 5.55. The number of anilines is 3. The first-order valence-electron chi connectivity index (χ1n) is 18.7. The minimum Gasteiger partial charge on any atom is -0.508 e. The second kappa shape index (κ2) is 21.9. The Morgan fingerprint density at radius 2 is 1.58 bits per heavy atom. The fourth-order valence-electron chi connectivity index (χ4n) is 6.07. The summed E-state index contributed by atoms with van der Waals surface area (Å²) in [5.74, 6) is 0.928. The molecule has 2 heterocycles. The van der Waals surface area contributed by atoms with Crippen molar-refractivity contribution in [2.45, 2.75) is 65.1 Å². The largest absolute Gasteiger partial charge is 0.508 e. The number of hydrogen-bond donors (Lipinski definition) is 8. The molecule has 14 nitrogen and oxygen atoms in total. The summed E-state index contributed by atoms with van der Waals surface area (Å²) in [6, 6.07) is 25.5. The molecule has 0 radical (unpaired) electrons. The van der Waals surface area contributed by atoms with E-state index in [0.29, 0.717) is 18.4 Å². The quantitative estimate of drug-likeness (QED) is 0.0812. The van der Waals surface area contributed by atoms with Crippen LogP contribution in [0.4, 0.5) is 17.1 Å². The van der Waals surface area contributed by atoms with Crippen LogP contribution in [0.1, 0.15) is 54.5 Å². The van der Waals surface area contributed by atoms with Crippen molar-refractivity contribution in [3.8, 4) is 17.2 Å². The van der Waals surface area contributed by atoms with Crippen molar-refractivity contribution in [1.82, 2.24) is 10.2 Å². The number of rotatable bonds is 8. The standard InChI is InChI=1S/C17H19N3O.C15H22N2O.C9H13NO3.CH4O3S/c1-13-5-7-14(8-6-13)20(12-17-18-9-10-19-17)15-3-2-4-16(21)11-15;1-11-7-6-8-12(2)14(11)16-15(18)13-9-4-5-10-17(13)3;1-5(10)9(13)6-2-3-7(11)8(12)4-6;1-5(2,3)4/h2-8,11,21H,9-10,12H2,1H3,(H,18,19);6-8,13H,4-5,9-10H2,1-3H3,(H,16,18);2-5,9,11-13H,10H2,1H3;1H3,(H,2,3,4)/t;;5-,9-;/m..0./s1. The number of carbonyl (C=O) groups is 1. The van der Waals surface area contributed by atoms with Gasteiger partial charge in [0.2, 0.25) is 5.91 Å². The second-order valence-corrected chi connectivity index (χ2v) is 15.7. The van der Waals surface area contributed by atoms with Gasteiger partial charge in [0.05, 0.1) is 31.5 Å². The number of amides is 1. The molecule has 4 aromatic rings. The lowest BCUT2D eigenvalue weighted by Gasteiger charge is -2.31. The van der Waals surface area contributed by atoms with Crippen LogP contribution < -0.4 is 21.3 Å². The zero-order chi connectivity index (χ0) is 42.3. The number of aromatic hydroxyl groups is 3. The van der Waals surface area contributed by atoms with Crippen LogP contribution in [0.3, 0.4) is 0 Å². The number of nitrogens with two attached hydrogens (primary N) is 1. The zero-order valence-corrected chi connectivity index (χ0v) is 34.4. The van der Waals surface area contributed by atoms with Crippen molar-refractivity contribution in [3.05, 3.63) is 107 Å². The van der Waals surface area contributed by atoms with E-state index in [1.807, 2.05) is 51.2 Å². The molecule has 3 atom stereocenters. The SMILES string of the molecule is CS(=O)(=O)O.C[C@H](N)[C@H](O)c1ccc(O)c(O)c1.Cc1ccc(N(CC2=NCCN2)c2cccc(O)c2)cc1.Cc1cccc(C)c1NC(=O)C1CCCCN1C. The van der Waals surface area contributed by atoms with Gasteiger partial charge in [-0.05, 0) is 107 Å². The maximum Gasteiger partial charge on any atom is 0.261 e. The first kappa shape index (κ1) is 46.2. The third-order valence-corrected chi connectivity index (χ3v) is 9.18. The Kier molecular flexibility index (Phi) is 17.8. The molecule has 1 fully saturated rings. The molecule has 0 saturated carbocycles. The minimum absolute atomic E-state index is 0.0257. The Morgan fingerprint density at radius 1 is 0.947 bits per heavy atom. The summed E-state index contributed by atoms with van der Waals surface area (Å²) >= 11 is 0. The number of nitrogens with zero attached hydrogens (tertiary/aromatic N) is 3. The number of carbonyl (C=O) groups excluding carboxylic acids is 1. The molecule has 15 heteroatoms. The molecule has 6 rings (SSSR count). The molecular formula is C42H58N6O8S. The van der Waals surface area contributed by atoms with E-state index in [4.69, 9.17) is 20.5 Å². The maximum absolute atomic E-state index is 12.3. The summed E-state index contributed by atoms with van der Waals surface area (Å²) < 4.78 is 25.9. The van der Waals surface area contributed by atoms with Crippen molar-refractivity contribution >= 4 is 38.9 Å². The topological polar surface area (TPSA) is 221 Å². The summed E-state index contributed by atoms with van der Waals surface area (Å²) in [5, 5.41) is 43.8. The van der Waals surface area contributed by atoms with Gasteiger partial charge in [0.1, 0.15) is 11.6 Å². The Balaban J connectivity index is 0.000000221. The number of hydrogen-bond acceptors (Lipinski definition) is 12. The van der Waals surface area contributed by atoms with Crippen molar-refractivity contribution < 1.29 is 38.2 Å². The monoisotopic (exact) mass is 806 g/mol. The van der Waals surface area contributed by atoms with Crippen LogP contribution >= 0.6 is 0 Å². The highest BCUT2D eigenvalue weighted by atomic mass is 32.2. The molecule has 1 amide bonds. The normalized spacial score (nSPS) is 16.1. The van der Waals surface area contributed by atoms with Crippen LogP contribution in [0.2, 0.25) is 0 Å². The molecule has 9 N–H and O–H groups in total. The number of aliphatic hydroxyl groups excluding tert-OH is 1. The van der Waals surface area contributed by atoms with Crippen LogP contribution in [0.5, 0.6) is 17.2 Å². The molecule has 2 aliphatic heterocycles. The maximum atomic E-state index is 12.3. The van der Waals surface area contributed by atoms with E-state index in [1.165, 1.54) is 30.2 Å². The molecule has 57 heavy (non-hydrogen) atoms. The van der Waals surface area contributed by atoms with Crippen molar-refractivity contribution in [1.29, 1.82) is 0 Å². The third-order valence-electron chi connectivity index (χ3n) is 9.18. The fraction of sp³-hybridized carbons (Fsp3) is 0.381. The lowest BCUT2D eigenvalue weighted by molar-refractivity contribution is -0.121. The van der Waals surface area contributed by atoms with E-state index >= 15 is 0 Å². The second-order valence-electron chi connectivity index (χ2n) is 14.2. The Morgan fingerprint density at radius 3 is 2.12 bits per heavy atom.